The van der Waals surface area contributed by atoms with Gasteiger partial charge in [0.1, 0.15) is 0 Å². The Kier molecular flexibility index (Phi) is 3.20. The van der Waals surface area contributed by atoms with Crippen molar-refractivity contribution in [2.45, 2.75) is 49.7 Å². The molecule has 1 atom stereocenters. The molecule has 0 aromatic carbocycles. The number of hydrogen-bond donors (Lipinski definition) is 1. The van der Waals surface area contributed by atoms with Crippen LogP contribution in [0.4, 0.5) is 0 Å². The molecule has 1 heterocycles. The van der Waals surface area contributed by atoms with E-state index in [-0.39, 0.29) is 0 Å². The van der Waals surface area contributed by atoms with Gasteiger partial charge in [-0.15, -0.1) is 0 Å². The Hall–Kier alpha value is 0.310. The van der Waals surface area contributed by atoms with Crippen molar-refractivity contribution < 1.29 is 0 Å². The maximum atomic E-state index is 5.62. The Morgan fingerprint density at radius 2 is 2.00 bits per heavy atom. The molecule has 0 radical (unpaired) electrons. The molecule has 1 nitrogen and oxygen atoms in total. The van der Waals surface area contributed by atoms with Gasteiger partial charge in [0.2, 0.25) is 0 Å². The quantitative estimate of drug-likeness (QED) is 0.740. The normalized spacial score (nSPS) is 32.5. The average molecular weight is 199 g/mol. The molecule has 2 N–H and O–H groups in total. The van der Waals surface area contributed by atoms with Crippen molar-refractivity contribution in [3.05, 3.63) is 0 Å². The molecule has 1 saturated heterocycles. The zero-order valence-electron chi connectivity index (χ0n) is 8.43. The molecule has 1 spiro atoms. The Morgan fingerprint density at radius 3 is 2.69 bits per heavy atom. The maximum absolute atomic E-state index is 5.62. The van der Waals surface area contributed by atoms with Crippen LogP contribution in [0.25, 0.3) is 0 Å². The summed E-state index contributed by atoms with van der Waals surface area (Å²) in [4.78, 5) is 0. The summed E-state index contributed by atoms with van der Waals surface area (Å²) in [5.41, 5.74) is 5.62. The topological polar surface area (TPSA) is 26.0 Å². The summed E-state index contributed by atoms with van der Waals surface area (Å²) in [5.74, 6) is 2.32. The molecule has 0 aromatic rings. The van der Waals surface area contributed by atoms with Crippen molar-refractivity contribution in [3.63, 3.8) is 0 Å². The molecular formula is C11H21NS. The fourth-order valence-electron chi connectivity index (χ4n) is 2.90. The third kappa shape index (κ3) is 2.21. The highest BCUT2D eigenvalue weighted by atomic mass is 32.2. The molecule has 1 saturated carbocycles. The predicted octanol–water partition coefficient (Wildman–Crippen LogP) is 2.79. The molecule has 0 aromatic heterocycles. The van der Waals surface area contributed by atoms with Crippen LogP contribution in [0, 0.1) is 5.92 Å². The van der Waals surface area contributed by atoms with Crippen LogP contribution in [0.1, 0.15) is 44.9 Å². The highest BCUT2D eigenvalue weighted by molar-refractivity contribution is 8.00. The first-order valence-electron chi connectivity index (χ1n) is 5.69. The van der Waals surface area contributed by atoms with Gasteiger partial charge < -0.3 is 5.73 Å². The van der Waals surface area contributed by atoms with E-state index in [2.05, 4.69) is 11.8 Å². The Balaban J connectivity index is 1.87. The SMILES string of the molecule is NCCC1CSC2(CCCCC2)C1. The summed E-state index contributed by atoms with van der Waals surface area (Å²) in [7, 11) is 0. The van der Waals surface area contributed by atoms with Crippen LogP contribution >= 0.6 is 11.8 Å². The van der Waals surface area contributed by atoms with Crippen molar-refractivity contribution >= 4 is 11.8 Å². The van der Waals surface area contributed by atoms with Gasteiger partial charge in [0.15, 0.2) is 0 Å². The second-order valence-electron chi connectivity index (χ2n) is 4.70. The largest absolute Gasteiger partial charge is 0.330 e. The Labute approximate surface area is 85.8 Å². The number of hydrogen-bond acceptors (Lipinski definition) is 2. The van der Waals surface area contributed by atoms with E-state index in [0.29, 0.717) is 4.75 Å². The molecule has 2 heteroatoms. The summed E-state index contributed by atoms with van der Waals surface area (Å²) in [6.45, 7) is 0.890. The van der Waals surface area contributed by atoms with E-state index in [1.54, 1.807) is 0 Å². The van der Waals surface area contributed by atoms with Gasteiger partial charge in [0, 0.05) is 4.75 Å². The smallest absolute Gasteiger partial charge is 0.0163 e. The van der Waals surface area contributed by atoms with Crippen LogP contribution in [-0.2, 0) is 0 Å². The molecule has 1 unspecified atom stereocenters. The van der Waals surface area contributed by atoms with E-state index in [1.165, 1.54) is 50.7 Å². The molecule has 2 fully saturated rings. The van der Waals surface area contributed by atoms with Gasteiger partial charge in [-0.2, -0.15) is 11.8 Å². The molecule has 2 aliphatic rings. The summed E-state index contributed by atoms with van der Waals surface area (Å²) < 4.78 is 0.706. The standard InChI is InChI=1S/C11H21NS/c12-7-4-10-8-11(13-9-10)5-2-1-3-6-11/h10H,1-9,12H2. The zero-order valence-corrected chi connectivity index (χ0v) is 9.24. The summed E-state index contributed by atoms with van der Waals surface area (Å²) in [6, 6.07) is 0. The van der Waals surface area contributed by atoms with Crippen LogP contribution in [0.3, 0.4) is 0 Å². The van der Waals surface area contributed by atoms with E-state index >= 15 is 0 Å². The van der Waals surface area contributed by atoms with Crippen molar-refractivity contribution in [1.82, 2.24) is 0 Å². The molecule has 0 bridgehead atoms. The monoisotopic (exact) mass is 199 g/mol. The van der Waals surface area contributed by atoms with Crippen molar-refractivity contribution in [3.8, 4) is 0 Å². The summed E-state index contributed by atoms with van der Waals surface area (Å²) in [6.07, 6.45) is 10.1. The van der Waals surface area contributed by atoms with Gasteiger partial charge in [-0.1, -0.05) is 19.3 Å². The molecule has 2 rings (SSSR count). The van der Waals surface area contributed by atoms with E-state index in [1.807, 2.05) is 0 Å². The van der Waals surface area contributed by atoms with Crippen LogP contribution in [0.15, 0.2) is 0 Å². The van der Waals surface area contributed by atoms with Gasteiger partial charge in [-0.25, -0.2) is 0 Å². The van der Waals surface area contributed by atoms with Gasteiger partial charge in [-0.3, -0.25) is 0 Å². The van der Waals surface area contributed by atoms with Crippen molar-refractivity contribution in [2.24, 2.45) is 11.7 Å². The van der Waals surface area contributed by atoms with Crippen LogP contribution in [0.5, 0.6) is 0 Å². The highest BCUT2D eigenvalue weighted by Crippen LogP contribution is 2.50. The minimum absolute atomic E-state index is 0.706. The Morgan fingerprint density at radius 1 is 1.23 bits per heavy atom. The van der Waals surface area contributed by atoms with E-state index in [4.69, 9.17) is 5.73 Å². The van der Waals surface area contributed by atoms with E-state index in [9.17, 15) is 0 Å². The molecule has 1 aliphatic carbocycles. The third-order valence-electron chi connectivity index (χ3n) is 3.63. The zero-order chi connectivity index (χ0) is 9.15. The second-order valence-corrected chi connectivity index (χ2v) is 6.19. The lowest BCUT2D eigenvalue weighted by molar-refractivity contribution is 0.348. The third-order valence-corrected chi connectivity index (χ3v) is 5.45. The van der Waals surface area contributed by atoms with Gasteiger partial charge >= 0.3 is 0 Å². The van der Waals surface area contributed by atoms with E-state index < -0.39 is 0 Å². The first-order valence-corrected chi connectivity index (χ1v) is 6.67. The number of rotatable bonds is 2. The molecule has 76 valence electrons. The van der Waals surface area contributed by atoms with Crippen molar-refractivity contribution in [2.75, 3.05) is 12.3 Å². The molecule has 13 heavy (non-hydrogen) atoms. The van der Waals surface area contributed by atoms with Gasteiger partial charge in [-0.05, 0) is 43.9 Å². The Bertz CT molecular complexity index is 163. The second kappa shape index (κ2) is 4.22. The number of nitrogens with two attached hydrogens (primary N) is 1. The minimum atomic E-state index is 0.706. The van der Waals surface area contributed by atoms with E-state index in [0.717, 1.165) is 12.5 Å². The first-order chi connectivity index (χ1) is 6.35. The fourth-order valence-corrected chi connectivity index (χ4v) is 4.71. The predicted molar refractivity (Wildman–Crippen MR) is 60.1 cm³/mol. The van der Waals surface area contributed by atoms with Gasteiger partial charge in [0.25, 0.3) is 0 Å². The van der Waals surface area contributed by atoms with Crippen LogP contribution < -0.4 is 5.73 Å². The first kappa shape index (κ1) is 9.85. The lowest BCUT2D eigenvalue weighted by Crippen LogP contribution is -2.25. The lowest BCUT2D eigenvalue weighted by atomic mass is 9.82. The van der Waals surface area contributed by atoms with Gasteiger partial charge in [0.05, 0.1) is 0 Å². The van der Waals surface area contributed by atoms with Crippen LogP contribution in [-0.4, -0.2) is 17.0 Å². The summed E-state index contributed by atoms with van der Waals surface area (Å²) in [5, 5.41) is 0. The average Bonchev–Trinajstić information content (AvgIpc) is 2.51. The minimum Gasteiger partial charge on any atom is -0.330 e. The molecule has 0 amide bonds. The fraction of sp³-hybridized carbons (Fsp3) is 1.00. The maximum Gasteiger partial charge on any atom is 0.0163 e. The number of thioether (sulfide) groups is 1. The summed E-state index contributed by atoms with van der Waals surface area (Å²) >= 11 is 2.26. The molecule has 1 aliphatic heterocycles. The lowest BCUT2D eigenvalue weighted by Gasteiger charge is -2.32. The van der Waals surface area contributed by atoms with Crippen molar-refractivity contribution in [1.29, 1.82) is 0 Å². The molecular weight excluding hydrogens is 178 g/mol. The highest BCUT2D eigenvalue weighted by Gasteiger charge is 2.39. The van der Waals surface area contributed by atoms with Crippen LogP contribution in [0.2, 0.25) is 0 Å².